The maximum absolute atomic E-state index is 13.7. The fourth-order valence-corrected chi connectivity index (χ4v) is 2.53. The first kappa shape index (κ1) is 37.1. The molecule has 1 aromatic carbocycles. The van der Waals surface area contributed by atoms with Crippen LogP contribution in [-0.2, 0) is 10.1 Å². The summed E-state index contributed by atoms with van der Waals surface area (Å²) in [5.74, 6) is -52.7. The molecule has 1 rings (SSSR count). The van der Waals surface area contributed by atoms with Crippen LogP contribution in [0.2, 0.25) is 0 Å². The molecule has 0 amide bonds. The van der Waals surface area contributed by atoms with E-state index < -0.39 is 74.3 Å². The number of halogens is 17. The van der Waals surface area contributed by atoms with Crippen molar-refractivity contribution in [2.24, 2.45) is 0 Å². The third-order valence-corrected chi connectivity index (χ3v) is 4.82. The number of rotatable bonds is 9. The number of alkyl halides is 15. The molecule has 23 heteroatoms. The van der Waals surface area contributed by atoms with Crippen LogP contribution in [0.5, 0.6) is 5.75 Å². The van der Waals surface area contributed by atoms with E-state index in [2.05, 4.69) is 4.74 Å². The van der Waals surface area contributed by atoms with Crippen molar-refractivity contribution in [3.8, 4) is 5.75 Å². The molecule has 0 aliphatic carbocycles. The standard InChI is InChI=1S/C15H5F17O4S.K/c16-7(8(17)10(20,21)14(28,29)30)9(18,19)11(22,23)12(24,25)13(26,27)15(31,32)36-5-2-1-3-6(4-5)37(33,34)35;/h1-4H,(H,33,34,35);/q;+1/p-1/b8-7+;. The predicted molar refractivity (Wildman–Crippen MR) is 80.0 cm³/mol. The topological polar surface area (TPSA) is 66.4 Å². The van der Waals surface area contributed by atoms with Gasteiger partial charge in [-0.05, 0) is 18.2 Å². The van der Waals surface area contributed by atoms with Crippen LogP contribution >= 0.6 is 0 Å². The summed E-state index contributed by atoms with van der Waals surface area (Å²) in [6.07, 6.45) is -14.5. The maximum atomic E-state index is 13.7. The average Bonchev–Trinajstić information content (AvgIpc) is 2.70. The fraction of sp³-hybridized carbons (Fsp3) is 0.467. The van der Waals surface area contributed by atoms with Gasteiger partial charge in [-0.15, -0.1) is 0 Å². The molecule has 0 aromatic heterocycles. The third kappa shape index (κ3) is 6.21. The smallest absolute Gasteiger partial charge is 0.744 e. The number of benzene rings is 1. The van der Waals surface area contributed by atoms with Crippen molar-refractivity contribution in [2.75, 3.05) is 0 Å². The van der Waals surface area contributed by atoms with Crippen LogP contribution in [0, 0.1) is 0 Å². The van der Waals surface area contributed by atoms with Gasteiger partial charge < -0.3 is 9.29 Å². The second-order valence-corrected chi connectivity index (χ2v) is 7.93. The zero-order valence-electron chi connectivity index (χ0n) is 17.3. The van der Waals surface area contributed by atoms with E-state index in [0.717, 1.165) is 0 Å². The van der Waals surface area contributed by atoms with Crippen LogP contribution in [0.15, 0.2) is 40.8 Å². The predicted octanol–water partition coefficient (Wildman–Crippen LogP) is 3.46. The molecule has 0 aliphatic rings. The number of hydrogen-bond acceptors (Lipinski definition) is 4. The van der Waals surface area contributed by atoms with Crippen LogP contribution in [0.25, 0.3) is 0 Å². The molecule has 0 bridgehead atoms. The summed E-state index contributed by atoms with van der Waals surface area (Å²) in [5, 5.41) is 0. The largest absolute Gasteiger partial charge is 1.00 e. The average molecular weight is 642 g/mol. The van der Waals surface area contributed by atoms with Crippen molar-refractivity contribution in [1.82, 2.24) is 0 Å². The maximum Gasteiger partial charge on any atom is 1.00 e. The normalized spacial score (nSPS) is 15.5. The van der Waals surface area contributed by atoms with Crippen molar-refractivity contribution >= 4 is 10.1 Å². The SMILES string of the molecule is O=S(=O)([O-])c1cccc(OC(F)(F)C(F)(F)C(F)(F)C(F)(F)C(F)(F)/C(F)=C(\F)C(F)(F)C(F)(F)F)c1.[K+]. The van der Waals surface area contributed by atoms with E-state index in [0.29, 0.717) is 0 Å². The molecular weight excluding hydrogens is 638 g/mol. The van der Waals surface area contributed by atoms with Crippen LogP contribution in [0.3, 0.4) is 0 Å². The minimum Gasteiger partial charge on any atom is -0.744 e. The van der Waals surface area contributed by atoms with Gasteiger partial charge in [-0.25, -0.2) is 17.2 Å². The van der Waals surface area contributed by atoms with Gasteiger partial charge >= 0.3 is 93.3 Å². The van der Waals surface area contributed by atoms with Crippen molar-refractivity contribution in [1.29, 1.82) is 0 Å². The summed E-state index contributed by atoms with van der Waals surface area (Å²) >= 11 is 0. The first-order chi connectivity index (χ1) is 16.0. The summed E-state index contributed by atoms with van der Waals surface area (Å²) in [6.45, 7) is 0. The Kier molecular flexibility index (Phi) is 10.6. The number of allylic oxidation sites excluding steroid dienone is 2. The number of hydrogen-bond donors (Lipinski definition) is 0. The van der Waals surface area contributed by atoms with Crippen molar-refractivity contribution in [3.05, 3.63) is 35.9 Å². The van der Waals surface area contributed by atoms with E-state index in [4.69, 9.17) is 0 Å². The summed E-state index contributed by atoms with van der Waals surface area (Å²) in [7, 11) is -5.58. The van der Waals surface area contributed by atoms with E-state index in [9.17, 15) is 87.6 Å². The Morgan fingerprint density at radius 3 is 1.50 bits per heavy atom. The first-order valence-electron chi connectivity index (χ1n) is 8.15. The van der Waals surface area contributed by atoms with E-state index >= 15 is 0 Å². The Hall–Kier alpha value is -0.884. The van der Waals surface area contributed by atoms with Gasteiger partial charge in [0.25, 0.3) is 0 Å². The molecule has 214 valence electrons. The zero-order valence-corrected chi connectivity index (χ0v) is 21.2. The quantitative estimate of drug-likeness (QED) is 0.235. The first-order valence-corrected chi connectivity index (χ1v) is 9.55. The molecule has 0 heterocycles. The van der Waals surface area contributed by atoms with Crippen LogP contribution < -0.4 is 56.1 Å². The van der Waals surface area contributed by atoms with Crippen LogP contribution in [-0.4, -0.2) is 54.9 Å². The second-order valence-electron chi connectivity index (χ2n) is 6.55. The van der Waals surface area contributed by atoms with E-state index in [1.165, 1.54) is 0 Å². The zero-order chi connectivity index (χ0) is 29.8. The minimum atomic E-state index is -8.39. The Morgan fingerprint density at radius 2 is 1.11 bits per heavy atom. The molecule has 0 aliphatic heterocycles. The Balaban J connectivity index is 0.0000137. The molecule has 0 N–H and O–H groups in total. The molecule has 0 saturated heterocycles. The molecule has 0 fully saturated rings. The molecule has 0 radical (unpaired) electrons. The van der Waals surface area contributed by atoms with E-state index in [1.807, 2.05) is 0 Å². The fourth-order valence-electron chi connectivity index (χ4n) is 2.02. The van der Waals surface area contributed by atoms with Gasteiger partial charge in [0, 0.05) is 0 Å². The Labute approximate surface area is 241 Å². The van der Waals surface area contributed by atoms with E-state index in [1.54, 1.807) is 0 Å². The molecule has 0 spiro atoms. The molecule has 1 aromatic rings. The molecule has 0 unspecified atom stereocenters. The molecule has 0 saturated carbocycles. The van der Waals surface area contributed by atoms with Gasteiger partial charge in [0.05, 0.1) is 4.90 Å². The molecule has 4 nitrogen and oxygen atoms in total. The summed E-state index contributed by atoms with van der Waals surface area (Å²) in [6, 6.07) is 0.197. The molecule has 0 atom stereocenters. The van der Waals surface area contributed by atoms with Crippen molar-refractivity contribution < 1.29 is 144 Å². The van der Waals surface area contributed by atoms with Gasteiger partial charge in [-0.3, -0.25) is 0 Å². The van der Waals surface area contributed by atoms with Crippen LogP contribution in [0.1, 0.15) is 0 Å². The van der Waals surface area contributed by atoms with Gasteiger partial charge in [0.15, 0.2) is 0 Å². The summed E-state index contributed by atoms with van der Waals surface area (Å²) in [4.78, 5) is -1.57. The van der Waals surface area contributed by atoms with Crippen molar-refractivity contribution in [3.63, 3.8) is 0 Å². The van der Waals surface area contributed by atoms with Crippen LogP contribution in [0.4, 0.5) is 74.6 Å². The van der Waals surface area contributed by atoms with Crippen molar-refractivity contribution in [2.45, 2.75) is 46.8 Å². The second kappa shape index (κ2) is 10.8. The number of ether oxygens (including phenoxy) is 1. The van der Waals surface area contributed by atoms with Gasteiger partial charge in [-0.2, -0.15) is 65.9 Å². The minimum absolute atomic E-state index is 0. The van der Waals surface area contributed by atoms with Gasteiger partial charge in [-0.1, -0.05) is 6.07 Å². The Morgan fingerprint density at radius 1 is 0.684 bits per heavy atom. The monoisotopic (exact) mass is 642 g/mol. The molecule has 38 heavy (non-hydrogen) atoms. The van der Waals surface area contributed by atoms with Gasteiger partial charge in [0.1, 0.15) is 15.9 Å². The Bertz CT molecular complexity index is 1160. The van der Waals surface area contributed by atoms with E-state index in [-0.39, 0.29) is 75.7 Å². The summed E-state index contributed by atoms with van der Waals surface area (Å²) in [5.41, 5.74) is 0. The van der Waals surface area contributed by atoms with Gasteiger partial charge in [0.2, 0.25) is 11.7 Å². The third-order valence-electron chi connectivity index (χ3n) is 3.99. The summed E-state index contributed by atoms with van der Waals surface area (Å²) < 4.78 is 259. The molecular formula is C15H4F17KO4S.